The van der Waals surface area contributed by atoms with Gasteiger partial charge in [-0.15, -0.1) is 0 Å². The summed E-state index contributed by atoms with van der Waals surface area (Å²) >= 11 is 0. The van der Waals surface area contributed by atoms with Gasteiger partial charge in [-0.05, 0) is 24.5 Å². The molecule has 1 aromatic carbocycles. The molecule has 21 heavy (non-hydrogen) atoms. The Morgan fingerprint density at radius 1 is 1.19 bits per heavy atom. The van der Waals surface area contributed by atoms with Gasteiger partial charge in [0.2, 0.25) is 0 Å². The summed E-state index contributed by atoms with van der Waals surface area (Å²) in [6.45, 7) is 0.858. The molecule has 6 heteroatoms. The van der Waals surface area contributed by atoms with Crippen molar-refractivity contribution in [1.82, 2.24) is 19.9 Å². The van der Waals surface area contributed by atoms with Gasteiger partial charge in [-0.2, -0.15) is 0 Å². The Balaban J connectivity index is 1.38. The summed E-state index contributed by atoms with van der Waals surface area (Å²) in [7, 11) is 0. The van der Waals surface area contributed by atoms with Crippen LogP contribution in [0.25, 0.3) is 11.2 Å². The number of H-pyrrole nitrogens is 1. The molecule has 3 heterocycles. The average molecular weight is 280 g/mol. The van der Waals surface area contributed by atoms with Crippen molar-refractivity contribution in [2.75, 3.05) is 17.2 Å². The molecule has 1 atom stereocenters. The zero-order chi connectivity index (χ0) is 14.1. The molecule has 2 aromatic heterocycles. The molecule has 3 N–H and O–H groups in total. The average Bonchev–Trinajstić information content (AvgIpc) is 3.13. The Hall–Kier alpha value is -2.63. The van der Waals surface area contributed by atoms with Crippen LogP contribution in [0.5, 0.6) is 0 Å². The van der Waals surface area contributed by atoms with E-state index in [9.17, 15) is 0 Å². The molecule has 0 fully saturated rings. The second-order valence-corrected chi connectivity index (χ2v) is 5.24. The molecular formula is C15H16N6. The maximum atomic E-state index is 4.27. The quantitative estimate of drug-likeness (QED) is 0.683. The Bertz CT molecular complexity index is 740. The fourth-order valence-electron chi connectivity index (χ4n) is 2.81. The molecule has 0 unspecified atom stereocenters. The summed E-state index contributed by atoms with van der Waals surface area (Å²) in [5.41, 5.74) is 4.22. The molecule has 0 bridgehead atoms. The van der Waals surface area contributed by atoms with Crippen LogP contribution in [0.2, 0.25) is 0 Å². The van der Waals surface area contributed by atoms with E-state index < -0.39 is 0 Å². The van der Waals surface area contributed by atoms with Gasteiger partial charge in [0.25, 0.3) is 0 Å². The highest BCUT2D eigenvalue weighted by Crippen LogP contribution is 2.26. The number of benzene rings is 1. The standard InChI is InChI=1S/C15H16N6/c1-2-4-12-10(3-1)7-11(21-12)5-6-16-14-13-15(18-8-17-13)20-9-19-14/h1-4,8-9,11,21H,5-7H2,(H2,16,17,18,19,20)/t11-/m0/s1. The number of rotatable bonds is 4. The lowest BCUT2D eigenvalue weighted by Crippen LogP contribution is -2.20. The van der Waals surface area contributed by atoms with Crippen molar-refractivity contribution in [2.24, 2.45) is 0 Å². The van der Waals surface area contributed by atoms with Gasteiger partial charge in [0.15, 0.2) is 11.5 Å². The van der Waals surface area contributed by atoms with E-state index in [1.54, 1.807) is 6.33 Å². The minimum atomic E-state index is 0.481. The minimum Gasteiger partial charge on any atom is -0.382 e. The Kier molecular flexibility index (Phi) is 2.92. The van der Waals surface area contributed by atoms with Crippen LogP contribution in [0.1, 0.15) is 12.0 Å². The predicted molar refractivity (Wildman–Crippen MR) is 82.3 cm³/mol. The largest absolute Gasteiger partial charge is 0.382 e. The van der Waals surface area contributed by atoms with E-state index in [1.165, 1.54) is 17.6 Å². The number of fused-ring (bicyclic) bond motifs is 2. The third-order valence-electron chi connectivity index (χ3n) is 3.85. The molecule has 6 nitrogen and oxygen atoms in total. The van der Waals surface area contributed by atoms with E-state index in [1.807, 2.05) is 0 Å². The number of anilines is 2. The number of hydrogen-bond donors (Lipinski definition) is 3. The van der Waals surface area contributed by atoms with E-state index >= 15 is 0 Å². The van der Waals surface area contributed by atoms with E-state index in [0.717, 1.165) is 30.7 Å². The summed E-state index contributed by atoms with van der Waals surface area (Å²) in [4.78, 5) is 15.6. The number of hydrogen-bond acceptors (Lipinski definition) is 5. The molecule has 106 valence electrons. The Labute approximate surface area is 122 Å². The number of nitrogens with one attached hydrogen (secondary N) is 3. The van der Waals surface area contributed by atoms with Gasteiger partial charge < -0.3 is 15.6 Å². The van der Waals surface area contributed by atoms with Crippen molar-refractivity contribution in [3.8, 4) is 0 Å². The van der Waals surface area contributed by atoms with E-state index in [-0.39, 0.29) is 0 Å². The molecule has 1 aliphatic heterocycles. The van der Waals surface area contributed by atoms with E-state index in [2.05, 4.69) is 54.8 Å². The predicted octanol–water partition coefficient (Wildman–Crippen LogP) is 2.19. The van der Waals surface area contributed by atoms with Crippen LogP contribution in [-0.2, 0) is 6.42 Å². The van der Waals surface area contributed by atoms with Crippen LogP contribution in [0.3, 0.4) is 0 Å². The first-order valence-electron chi connectivity index (χ1n) is 7.12. The van der Waals surface area contributed by atoms with Gasteiger partial charge in [-0.25, -0.2) is 15.0 Å². The van der Waals surface area contributed by atoms with Crippen molar-refractivity contribution < 1.29 is 0 Å². The normalized spacial score (nSPS) is 16.7. The first kappa shape index (κ1) is 12.1. The first-order chi connectivity index (χ1) is 10.4. The monoisotopic (exact) mass is 280 g/mol. The molecule has 3 aromatic rings. The zero-order valence-electron chi connectivity index (χ0n) is 11.5. The third kappa shape index (κ3) is 2.29. The van der Waals surface area contributed by atoms with Crippen LogP contribution in [0, 0.1) is 0 Å². The topological polar surface area (TPSA) is 78.5 Å². The van der Waals surface area contributed by atoms with Gasteiger partial charge in [0.1, 0.15) is 11.8 Å². The second kappa shape index (κ2) is 5.05. The molecule has 0 saturated carbocycles. The van der Waals surface area contributed by atoms with Crippen LogP contribution in [0.15, 0.2) is 36.9 Å². The van der Waals surface area contributed by atoms with Crippen molar-refractivity contribution in [1.29, 1.82) is 0 Å². The zero-order valence-corrected chi connectivity index (χ0v) is 11.5. The maximum absolute atomic E-state index is 4.27. The van der Waals surface area contributed by atoms with Gasteiger partial charge in [0, 0.05) is 18.3 Å². The third-order valence-corrected chi connectivity index (χ3v) is 3.85. The smallest absolute Gasteiger partial charge is 0.182 e. The van der Waals surface area contributed by atoms with Crippen molar-refractivity contribution >= 4 is 22.7 Å². The number of nitrogens with zero attached hydrogens (tertiary/aromatic N) is 3. The Morgan fingerprint density at radius 3 is 3.10 bits per heavy atom. The minimum absolute atomic E-state index is 0.481. The number of para-hydroxylation sites is 1. The van der Waals surface area contributed by atoms with Crippen LogP contribution >= 0.6 is 0 Å². The summed E-state index contributed by atoms with van der Waals surface area (Å²) in [6, 6.07) is 8.98. The lowest BCUT2D eigenvalue weighted by Gasteiger charge is -2.12. The summed E-state index contributed by atoms with van der Waals surface area (Å²) in [6.07, 6.45) is 5.30. The van der Waals surface area contributed by atoms with Gasteiger partial charge >= 0.3 is 0 Å². The van der Waals surface area contributed by atoms with Crippen LogP contribution in [-0.4, -0.2) is 32.5 Å². The second-order valence-electron chi connectivity index (χ2n) is 5.24. The summed E-state index contributed by atoms with van der Waals surface area (Å²) in [5.74, 6) is 0.813. The molecule has 4 rings (SSSR count). The number of aromatic amines is 1. The molecule has 0 saturated heterocycles. The lowest BCUT2D eigenvalue weighted by atomic mass is 10.1. The fraction of sp³-hybridized carbons (Fsp3) is 0.267. The molecule has 0 aliphatic carbocycles. The Morgan fingerprint density at radius 2 is 2.14 bits per heavy atom. The molecule has 0 amide bonds. The number of imidazole rings is 1. The van der Waals surface area contributed by atoms with E-state index in [0.29, 0.717) is 11.7 Å². The van der Waals surface area contributed by atoms with Crippen LogP contribution < -0.4 is 10.6 Å². The molecule has 0 radical (unpaired) electrons. The molecule has 0 spiro atoms. The molecule has 1 aliphatic rings. The highest BCUT2D eigenvalue weighted by Gasteiger charge is 2.19. The fourth-order valence-corrected chi connectivity index (χ4v) is 2.81. The highest BCUT2D eigenvalue weighted by molar-refractivity contribution is 5.81. The van der Waals surface area contributed by atoms with Crippen molar-refractivity contribution in [3.05, 3.63) is 42.5 Å². The summed E-state index contributed by atoms with van der Waals surface area (Å²) < 4.78 is 0. The van der Waals surface area contributed by atoms with Gasteiger partial charge in [0.05, 0.1) is 6.33 Å². The van der Waals surface area contributed by atoms with Gasteiger partial charge in [-0.1, -0.05) is 18.2 Å². The highest BCUT2D eigenvalue weighted by atomic mass is 15.1. The lowest BCUT2D eigenvalue weighted by molar-refractivity contribution is 0.698. The van der Waals surface area contributed by atoms with Gasteiger partial charge in [-0.3, -0.25) is 0 Å². The molecular weight excluding hydrogens is 264 g/mol. The maximum Gasteiger partial charge on any atom is 0.182 e. The number of aromatic nitrogens is 4. The van der Waals surface area contributed by atoms with Crippen molar-refractivity contribution in [2.45, 2.75) is 18.9 Å². The van der Waals surface area contributed by atoms with E-state index in [4.69, 9.17) is 0 Å². The SMILES string of the molecule is c1ccc2c(c1)C[C@H](CCNc1ncnc3nc[nH]c13)N2. The summed E-state index contributed by atoms with van der Waals surface area (Å²) in [5, 5.41) is 6.93. The first-order valence-corrected chi connectivity index (χ1v) is 7.12. The van der Waals surface area contributed by atoms with Crippen molar-refractivity contribution in [3.63, 3.8) is 0 Å². The van der Waals surface area contributed by atoms with Crippen LogP contribution in [0.4, 0.5) is 11.5 Å².